The van der Waals surface area contributed by atoms with Gasteiger partial charge in [0.2, 0.25) is 5.95 Å². The van der Waals surface area contributed by atoms with Crippen molar-refractivity contribution in [2.24, 2.45) is 10.2 Å². The van der Waals surface area contributed by atoms with Crippen LogP contribution in [0.15, 0.2) is 80.0 Å². The monoisotopic (exact) mass is 758 g/mol. The highest BCUT2D eigenvalue weighted by molar-refractivity contribution is 7.99. The van der Waals surface area contributed by atoms with Gasteiger partial charge in [-0.25, -0.2) is 0 Å². The minimum atomic E-state index is -4.46. The van der Waals surface area contributed by atoms with Crippen LogP contribution in [-0.4, -0.2) is 91.0 Å². The molecular formula is C27H30N6O10S5. The molecule has 0 amide bonds. The first-order valence-corrected chi connectivity index (χ1v) is 20.4. The molecule has 0 saturated carbocycles. The van der Waals surface area contributed by atoms with Crippen molar-refractivity contribution >= 4 is 87.7 Å². The van der Waals surface area contributed by atoms with Crippen LogP contribution >= 0.6 is 23.5 Å². The minimum absolute atomic E-state index is 0.141. The Balaban J connectivity index is 1.58. The molecule has 0 unspecified atom stereocenters. The molecule has 3 aromatic carbocycles. The summed E-state index contributed by atoms with van der Waals surface area (Å²) in [4.78, 5) is 14.7. The van der Waals surface area contributed by atoms with E-state index in [0.717, 1.165) is 23.5 Å². The fraction of sp³-hybridized carbons (Fsp3) is 0.296. The van der Waals surface area contributed by atoms with Crippen LogP contribution in [0, 0.1) is 0 Å². The van der Waals surface area contributed by atoms with Crippen LogP contribution in [0.25, 0.3) is 10.8 Å². The van der Waals surface area contributed by atoms with E-state index in [9.17, 15) is 29.8 Å². The Bertz CT molecular complexity index is 2090. The van der Waals surface area contributed by atoms with Gasteiger partial charge in [0.25, 0.3) is 30.4 Å². The third kappa shape index (κ3) is 11.1. The number of ether oxygens (including phenoxy) is 1. The highest BCUT2D eigenvalue weighted by atomic mass is 32.2. The Kier molecular flexibility index (Phi) is 12.3. The number of methoxy groups -OCH3 is 1. The molecule has 4 rings (SSSR count). The summed E-state index contributed by atoms with van der Waals surface area (Å²) >= 11 is 2.29. The molecule has 0 saturated heterocycles. The van der Waals surface area contributed by atoms with Gasteiger partial charge in [-0.1, -0.05) is 41.7 Å². The van der Waals surface area contributed by atoms with Crippen molar-refractivity contribution in [3.63, 3.8) is 0 Å². The molecular weight excluding hydrogens is 729 g/mol. The maximum Gasteiger partial charge on any atom is 0.295 e. The van der Waals surface area contributed by atoms with E-state index in [-0.39, 0.29) is 50.9 Å². The highest BCUT2D eigenvalue weighted by Gasteiger charge is 2.18. The average Bonchev–Trinajstić information content (AvgIpc) is 3.02. The smallest absolute Gasteiger partial charge is 0.295 e. The highest BCUT2D eigenvalue weighted by Crippen LogP contribution is 2.36. The summed E-state index contributed by atoms with van der Waals surface area (Å²) in [6.45, 7) is 0. The first kappa shape index (κ1) is 37.4. The van der Waals surface area contributed by atoms with E-state index in [1.165, 1.54) is 25.3 Å². The van der Waals surface area contributed by atoms with E-state index in [2.05, 4.69) is 25.2 Å². The van der Waals surface area contributed by atoms with Gasteiger partial charge in [-0.15, -0.1) is 0 Å². The van der Waals surface area contributed by atoms with Crippen molar-refractivity contribution < 1.29 is 43.6 Å². The zero-order valence-corrected chi connectivity index (χ0v) is 29.4. The van der Waals surface area contributed by atoms with Gasteiger partial charge in [0, 0.05) is 30.0 Å². The zero-order valence-electron chi connectivity index (χ0n) is 25.4. The number of anilines is 2. The molecule has 0 bridgehead atoms. The third-order valence-electron chi connectivity index (χ3n) is 6.35. The van der Waals surface area contributed by atoms with Gasteiger partial charge in [-0.3, -0.25) is 13.7 Å². The standard InChI is InChI=1S/C27H30N6O10S5/c1-33(25-28-26(44-12-4-14-46(34,35)36)30-27(29-25)45-13-5-15-47(37,38)39)22-11-10-20(17-23(22)43-2)32-31-19-9-8-18-6-3-7-24(21(18)16-19)48(40,41)42/h3,6-11,16-17H,4-5,12-15H2,1-2H3,(H,34,35,36)(H,37,38,39)(H,40,41,42). The second-order valence-electron chi connectivity index (χ2n) is 9.93. The van der Waals surface area contributed by atoms with Gasteiger partial charge >= 0.3 is 0 Å². The quantitative estimate of drug-likeness (QED) is 0.0575. The second kappa shape index (κ2) is 15.8. The lowest BCUT2D eigenvalue weighted by Gasteiger charge is -2.20. The lowest BCUT2D eigenvalue weighted by Crippen LogP contribution is -2.16. The molecule has 0 aliphatic heterocycles. The molecule has 258 valence electrons. The van der Waals surface area contributed by atoms with E-state index in [1.807, 2.05) is 0 Å². The lowest BCUT2D eigenvalue weighted by atomic mass is 10.1. The Labute approximate surface area is 285 Å². The van der Waals surface area contributed by atoms with Gasteiger partial charge in [-0.2, -0.15) is 50.4 Å². The first-order chi connectivity index (χ1) is 22.5. The summed E-state index contributed by atoms with van der Waals surface area (Å²) in [5.41, 5.74) is 1.26. The van der Waals surface area contributed by atoms with E-state index >= 15 is 0 Å². The lowest BCUT2D eigenvalue weighted by molar-refractivity contribution is 0.415. The van der Waals surface area contributed by atoms with Crippen molar-refractivity contribution in [3.8, 4) is 5.75 Å². The fourth-order valence-electron chi connectivity index (χ4n) is 4.16. The SMILES string of the molecule is COc1cc(N=Nc2ccc3cccc(S(=O)(=O)O)c3c2)ccc1N(C)c1nc(SCCCS(=O)(=O)O)nc(SCCCS(=O)(=O)O)n1. The molecule has 0 atom stereocenters. The third-order valence-corrected chi connectivity index (χ3v) is 10.7. The molecule has 0 spiro atoms. The summed E-state index contributed by atoms with van der Waals surface area (Å²) in [5, 5.41) is 9.87. The normalized spacial score (nSPS) is 12.5. The summed E-state index contributed by atoms with van der Waals surface area (Å²) < 4.78 is 101. The number of nitrogens with zero attached hydrogens (tertiary/aromatic N) is 6. The van der Waals surface area contributed by atoms with E-state index < -0.39 is 41.9 Å². The molecule has 3 N–H and O–H groups in total. The second-order valence-corrected chi connectivity index (χ2v) is 16.6. The predicted molar refractivity (Wildman–Crippen MR) is 182 cm³/mol. The largest absolute Gasteiger partial charge is 0.494 e. The molecule has 4 aromatic rings. The Morgan fingerprint density at radius 2 is 1.33 bits per heavy atom. The van der Waals surface area contributed by atoms with E-state index in [1.54, 1.807) is 48.3 Å². The maximum absolute atomic E-state index is 11.8. The molecule has 0 aliphatic rings. The van der Waals surface area contributed by atoms with Crippen LogP contribution in [0.4, 0.5) is 23.0 Å². The number of azo groups is 1. The number of hydrogen-bond acceptors (Lipinski definition) is 15. The Hall–Kier alpha value is -3.44. The number of rotatable bonds is 16. The van der Waals surface area contributed by atoms with Crippen LogP contribution in [0.3, 0.4) is 0 Å². The zero-order chi connectivity index (χ0) is 35.1. The minimum Gasteiger partial charge on any atom is -0.494 e. The summed E-state index contributed by atoms with van der Waals surface area (Å²) in [5.74, 6) is 0.253. The summed E-state index contributed by atoms with van der Waals surface area (Å²) in [6.07, 6.45) is 0.282. The van der Waals surface area contributed by atoms with Crippen LogP contribution in [0.5, 0.6) is 5.75 Å². The molecule has 48 heavy (non-hydrogen) atoms. The number of hydrogen-bond donors (Lipinski definition) is 3. The summed E-state index contributed by atoms with van der Waals surface area (Å²) in [7, 11) is -9.58. The maximum atomic E-state index is 11.8. The number of thioether (sulfide) groups is 2. The number of aromatic nitrogens is 3. The van der Waals surface area contributed by atoms with Crippen molar-refractivity contribution in [1.82, 2.24) is 15.0 Å². The van der Waals surface area contributed by atoms with Crippen LogP contribution in [0.1, 0.15) is 12.8 Å². The molecule has 1 heterocycles. The van der Waals surface area contributed by atoms with Gasteiger partial charge in [0.15, 0.2) is 10.3 Å². The van der Waals surface area contributed by atoms with E-state index in [4.69, 9.17) is 13.8 Å². The van der Waals surface area contributed by atoms with Gasteiger partial charge in [0.1, 0.15) is 10.6 Å². The number of fused-ring (bicyclic) bond motifs is 1. The van der Waals surface area contributed by atoms with Gasteiger partial charge in [-0.05, 0) is 48.6 Å². The van der Waals surface area contributed by atoms with Crippen molar-refractivity contribution in [1.29, 1.82) is 0 Å². The predicted octanol–water partition coefficient (Wildman–Crippen LogP) is 5.20. The fourth-order valence-corrected chi connectivity index (χ4v) is 7.85. The molecule has 16 nitrogen and oxygen atoms in total. The molecule has 1 aromatic heterocycles. The Morgan fingerprint density at radius 3 is 1.88 bits per heavy atom. The van der Waals surface area contributed by atoms with Crippen molar-refractivity contribution in [2.75, 3.05) is 42.1 Å². The molecule has 21 heteroatoms. The number of benzene rings is 3. The van der Waals surface area contributed by atoms with Crippen LogP contribution in [-0.2, 0) is 30.4 Å². The average molecular weight is 759 g/mol. The topological polar surface area (TPSA) is 239 Å². The van der Waals surface area contributed by atoms with E-state index in [0.29, 0.717) is 28.2 Å². The van der Waals surface area contributed by atoms with Crippen molar-refractivity contribution in [3.05, 3.63) is 54.6 Å². The molecule has 0 radical (unpaired) electrons. The molecule has 0 fully saturated rings. The summed E-state index contributed by atoms with van der Waals surface area (Å²) in [6, 6.07) is 14.3. The van der Waals surface area contributed by atoms with Gasteiger partial charge in [0.05, 0.1) is 35.7 Å². The van der Waals surface area contributed by atoms with Crippen LogP contribution < -0.4 is 9.64 Å². The molecule has 0 aliphatic carbocycles. The van der Waals surface area contributed by atoms with Crippen molar-refractivity contribution in [2.45, 2.75) is 28.0 Å². The van der Waals surface area contributed by atoms with Crippen LogP contribution in [0.2, 0.25) is 0 Å². The Morgan fingerprint density at radius 1 is 0.771 bits per heavy atom. The first-order valence-electron chi connectivity index (χ1n) is 13.8. The van der Waals surface area contributed by atoms with Gasteiger partial charge < -0.3 is 9.64 Å².